The lowest BCUT2D eigenvalue weighted by molar-refractivity contribution is 0.102. The van der Waals surface area contributed by atoms with Gasteiger partial charge in [0.25, 0.3) is 5.91 Å². The van der Waals surface area contributed by atoms with Crippen molar-refractivity contribution in [3.05, 3.63) is 82.5 Å². The molecule has 8 nitrogen and oxygen atoms in total. The van der Waals surface area contributed by atoms with Crippen LogP contribution in [0.5, 0.6) is 11.5 Å². The van der Waals surface area contributed by atoms with Gasteiger partial charge in [0.05, 0.1) is 18.4 Å². The molecular weight excluding hydrogens is 464 g/mol. The molecule has 1 N–H and O–H groups in total. The van der Waals surface area contributed by atoms with E-state index >= 15 is 0 Å². The number of benzene rings is 2. The van der Waals surface area contributed by atoms with Gasteiger partial charge in [0, 0.05) is 27.5 Å². The number of aromatic nitrogens is 3. The lowest BCUT2D eigenvalue weighted by Gasteiger charge is -2.12. The molecule has 9 heteroatoms. The van der Waals surface area contributed by atoms with E-state index in [1.54, 1.807) is 18.2 Å². The normalized spacial score (nSPS) is 10.8. The Morgan fingerprint density at radius 2 is 1.69 bits per heavy atom. The largest absolute Gasteiger partial charge is 0.493 e. The average Bonchev–Trinajstić information content (AvgIpc) is 3.15. The van der Waals surface area contributed by atoms with Crippen molar-refractivity contribution in [1.29, 1.82) is 0 Å². The van der Waals surface area contributed by atoms with Crippen molar-refractivity contribution in [1.82, 2.24) is 15.1 Å². The Labute approximate surface area is 208 Å². The molecule has 0 aliphatic rings. The molecule has 0 bridgehead atoms. The zero-order valence-corrected chi connectivity index (χ0v) is 21.0. The number of nitrogens with one attached hydrogen (secondary N) is 1. The van der Waals surface area contributed by atoms with Crippen molar-refractivity contribution in [3.8, 4) is 11.5 Å². The first-order valence-electron chi connectivity index (χ1n) is 11.0. The van der Waals surface area contributed by atoms with Crippen LogP contribution in [0.4, 0.5) is 5.69 Å². The van der Waals surface area contributed by atoms with Gasteiger partial charge in [0.15, 0.2) is 16.7 Å². The van der Waals surface area contributed by atoms with Gasteiger partial charge in [-0.2, -0.15) is 0 Å². The van der Waals surface area contributed by atoms with Gasteiger partial charge in [0.1, 0.15) is 12.4 Å². The van der Waals surface area contributed by atoms with Gasteiger partial charge in [-0.1, -0.05) is 5.16 Å². The van der Waals surface area contributed by atoms with E-state index in [1.165, 1.54) is 18.9 Å². The number of hydrogen-bond donors (Lipinski definition) is 1. The maximum Gasteiger partial charge on any atom is 0.255 e. The van der Waals surface area contributed by atoms with E-state index < -0.39 is 0 Å². The second-order valence-corrected chi connectivity index (χ2v) is 9.01. The van der Waals surface area contributed by atoms with Crippen LogP contribution in [-0.4, -0.2) is 28.1 Å². The van der Waals surface area contributed by atoms with E-state index in [4.69, 9.17) is 14.0 Å². The molecule has 0 saturated heterocycles. The first-order valence-corrected chi connectivity index (χ1v) is 11.8. The number of aryl methyl sites for hydroxylation is 4. The molecule has 0 saturated carbocycles. The van der Waals surface area contributed by atoms with Gasteiger partial charge < -0.3 is 19.3 Å². The van der Waals surface area contributed by atoms with Crippen LogP contribution in [0.25, 0.3) is 0 Å². The fourth-order valence-electron chi connectivity index (χ4n) is 3.44. The highest BCUT2D eigenvalue weighted by molar-refractivity contribution is 7.99. The van der Waals surface area contributed by atoms with Gasteiger partial charge in [0.2, 0.25) is 0 Å². The van der Waals surface area contributed by atoms with Crippen LogP contribution in [0, 0.1) is 27.7 Å². The highest BCUT2D eigenvalue weighted by Crippen LogP contribution is 2.30. The molecule has 0 spiro atoms. The van der Waals surface area contributed by atoms with Crippen molar-refractivity contribution in [2.45, 2.75) is 44.4 Å². The Balaban J connectivity index is 1.40. The van der Waals surface area contributed by atoms with Crippen molar-refractivity contribution in [3.63, 3.8) is 0 Å². The number of hydrogen-bond acceptors (Lipinski definition) is 8. The Morgan fingerprint density at radius 3 is 2.31 bits per heavy atom. The molecule has 0 atom stereocenters. The van der Waals surface area contributed by atoms with E-state index in [0.29, 0.717) is 40.3 Å². The van der Waals surface area contributed by atoms with E-state index in [-0.39, 0.29) is 5.91 Å². The summed E-state index contributed by atoms with van der Waals surface area (Å²) in [6.07, 6.45) is 0. The summed E-state index contributed by atoms with van der Waals surface area (Å²) >= 11 is 1.48. The molecule has 0 aliphatic heterocycles. The molecule has 2 aromatic heterocycles. The molecular formula is C26H26N4O4S. The Bertz CT molecular complexity index is 1310. The summed E-state index contributed by atoms with van der Waals surface area (Å²) in [4.78, 5) is 22.7. The monoisotopic (exact) mass is 490 g/mol. The third kappa shape index (κ3) is 5.99. The lowest BCUT2D eigenvalue weighted by atomic mass is 10.1. The highest BCUT2D eigenvalue weighted by atomic mass is 32.2. The van der Waals surface area contributed by atoms with Crippen LogP contribution in [0.1, 0.15) is 38.8 Å². The zero-order chi connectivity index (χ0) is 24.9. The molecule has 2 aromatic carbocycles. The number of rotatable bonds is 8. The topological polar surface area (TPSA) is 99.4 Å². The van der Waals surface area contributed by atoms with Crippen LogP contribution >= 0.6 is 11.8 Å². The molecule has 35 heavy (non-hydrogen) atoms. The maximum atomic E-state index is 12.8. The average molecular weight is 491 g/mol. The van der Waals surface area contributed by atoms with Crippen LogP contribution in [0.15, 0.2) is 63.1 Å². The van der Waals surface area contributed by atoms with Crippen molar-refractivity contribution >= 4 is 23.4 Å². The molecule has 2 heterocycles. The van der Waals surface area contributed by atoms with E-state index in [9.17, 15) is 4.79 Å². The SMILES string of the molecule is COc1cc(C(=O)Nc2ccc(Sc3nc(C)cc(C)n3)cc2)ccc1OCc1c(C)noc1C. The lowest BCUT2D eigenvalue weighted by Crippen LogP contribution is -2.12. The molecule has 1 amide bonds. The Kier molecular flexibility index (Phi) is 7.36. The second-order valence-electron chi connectivity index (χ2n) is 7.97. The van der Waals surface area contributed by atoms with Crippen LogP contribution in [-0.2, 0) is 6.61 Å². The van der Waals surface area contributed by atoms with Crippen LogP contribution in [0.3, 0.4) is 0 Å². The Morgan fingerprint density at radius 1 is 0.971 bits per heavy atom. The van der Waals surface area contributed by atoms with Gasteiger partial charge in [-0.25, -0.2) is 9.97 Å². The smallest absolute Gasteiger partial charge is 0.255 e. The van der Waals surface area contributed by atoms with Crippen molar-refractivity contribution in [2.75, 3.05) is 12.4 Å². The fraction of sp³-hybridized carbons (Fsp3) is 0.231. The number of methoxy groups -OCH3 is 1. The quantitative estimate of drug-likeness (QED) is 0.315. The number of nitrogens with zero attached hydrogens (tertiary/aromatic N) is 3. The zero-order valence-electron chi connectivity index (χ0n) is 20.2. The molecule has 0 aliphatic carbocycles. The first-order chi connectivity index (χ1) is 16.8. The number of anilines is 1. The second kappa shape index (κ2) is 10.6. The van der Waals surface area contributed by atoms with Crippen molar-refractivity contribution < 1.29 is 18.8 Å². The summed E-state index contributed by atoms with van der Waals surface area (Å²) < 4.78 is 16.5. The molecule has 0 fully saturated rings. The summed E-state index contributed by atoms with van der Waals surface area (Å²) in [5.41, 5.74) is 4.66. The summed E-state index contributed by atoms with van der Waals surface area (Å²) in [7, 11) is 1.54. The van der Waals surface area contributed by atoms with E-state index in [2.05, 4.69) is 20.4 Å². The first kappa shape index (κ1) is 24.3. The number of ether oxygens (including phenoxy) is 2. The van der Waals surface area contributed by atoms with Crippen LogP contribution in [0.2, 0.25) is 0 Å². The third-order valence-electron chi connectivity index (χ3n) is 5.26. The minimum atomic E-state index is -0.251. The van der Waals surface area contributed by atoms with Gasteiger partial charge >= 0.3 is 0 Å². The van der Waals surface area contributed by atoms with Crippen molar-refractivity contribution in [2.24, 2.45) is 0 Å². The van der Waals surface area contributed by atoms with Gasteiger partial charge in [-0.05, 0) is 88.0 Å². The number of amides is 1. The predicted molar refractivity (Wildman–Crippen MR) is 133 cm³/mol. The van der Waals surface area contributed by atoms with Gasteiger partial charge in [-0.15, -0.1) is 0 Å². The number of carbonyl (C=O) groups excluding carboxylic acids is 1. The molecule has 4 aromatic rings. The number of carbonyl (C=O) groups is 1. The van der Waals surface area contributed by atoms with Gasteiger partial charge in [-0.3, -0.25) is 4.79 Å². The summed E-state index contributed by atoms with van der Waals surface area (Å²) in [6.45, 7) is 7.89. The van der Waals surface area contributed by atoms with E-state index in [0.717, 1.165) is 27.5 Å². The molecule has 0 radical (unpaired) electrons. The van der Waals surface area contributed by atoms with Crippen LogP contribution < -0.4 is 14.8 Å². The standard InChI is InChI=1S/C26H26N4O4S/c1-15-12-16(2)28-26(27-15)35-21-9-7-20(8-10-21)29-25(31)19-6-11-23(24(13-19)32-5)33-14-22-17(3)30-34-18(22)4/h6-13H,14H2,1-5H3,(H,29,31). The third-order valence-corrected chi connectivity index (χ3v) is 6.14. The minimum Gasteiger partial charge on any atom is -0.493 e. The maximum absolute atomic E-state index is 12.8. The Hall–Kier alpha value is -3.85. The fourth-order valence-corrected chi connectivity index (χ4v) is 4.30. The minimum absolute atomic E-state index is 0.251. The molecule has 4 rings (SSSR count). The summed E-state index contributed by atoms with van der Waals surface area (Å²) in [5.74, 6) is 1.45. The molecule has 0 unspecified atom stereocenters. The summed E-state index contributed by atoms with van der Waals surface area (Å²) in [5, 5.41) is 7.54. The predicted octanol–water partition coefficient (Wildman–Crippen LogP) is 5.69. The summed E-state index contributed by atoms with van der Waals surface area (Å²) in [6, 6.07) is 14.6. The van der Waals surface area contributed by atoms with E-state index in [1.807, 2.05) is 58.0 Å². The highest BCUT2D eigenvalue weighted by Gasteiger charge is 2.14. The molecule has 180 valence electrons.